The van der Waals surface area contributed by atoms with Crippen molar-refractivity contribution in [3.05, 3.63) is 96.1 Å². The molecule has 29 heavy (non-hydrogen) atoms. The number of halogens is 1. The van der Waals surface area contributed by atoms with Crippen LogP contribution < -0.4 is 17.3 Å². The summed E-state index contributed by atoms with van der Waals surface area (Å²) in [5.41, 5.74) is 2.85. The number of carbonyl (C=O) groups is 2. The van der Waals surface area contributed by atoms with Gasteiger partial charge in [-0.2, -0.15) is 0 Å². The Labute approximate surface area is 175 Å². The minimum absolute atomic E-state index is 0. The molecule has 0 saturated heterocycles. The molecule has 0 spiro atoms. The second-order valence-corrected chi connectivity index (χ2v) is 7.12. The Morgan fingerprint density at radius 1 is 0.724 bits per heavy atom. The smallest absolute Gasteiger partial charge is 0.255 e. The van der Waals surface area contributed by atoms with Gasteiger partial charge in [-0.15, -0.1) is 0 Å². The van der Waals surface area contributed by atoms with Gasteiger partial charge < -0.3 is 12.4 Å². The fourth-order valence-electron chi connectivity index (χ4n) is 4.43. The number of hydrogen-bond donors (Lipinski definition) is 0. The molecule has 2 aliphatic rings. The lowest BCUT2D eigenvalue weighted by molar-refractivity contribution is -0.458. The number of para-hydroxylation sites is 2. The number of Topliss-reactive ketones (excluding diaryl/α,β-unsaturated/α-hetero) is 2. The maximum atomic E-state index is 13.5. The normalized spacial score (nSPS) is 20.2. The van der Waals surface area contributed by atoms with Crippen LogP contribution in [0, 0.1) is 0 Å². The molecule has 144 valence electrons. The van der Waals surface area contributed by atoms with Gasteiger partial charge in [-0.3, -0.25) is 9.59 Å². The molecule has 0 aromatic heterocycles. The summed E-state index contributed by atoms with van der Waals surface area (Å²) >= 11 is 0. The van der Waals surface area contributed by atoms with Gasteiger partial charge in [0.1, 0.15) is 11.4 Å². The highest BCUT2D eigenvalue weighted by Gasteiger charge is 2.58. The molecule has 4 nitrogen and oxygen atoms in total. The standard InChI is InChI=1S/C24H19N2O2.ClH/c1-16-25(17-10-4-2-5-11-17)21-22(26(16)18-12-6-3-7-13-18)24(28)20-15-9-8-14-19(20)23(21)27;/h2-15,21-22H,1H3;1H/q+1;/p-1. The van der Waals surface area contributed by atoms with E-state index >= 15 is 0 Å². The average molecular weight is 403 g/mol. The summed E-state index contributed by atoms with van der Waals surface area (Å²) in [4.78, 5) is 29.0. The zero-order valence-electron chi connectivity index (χ0n) is 15.8. The number of fused-ring (bicyclic) bond motifs is 2. The Bertz CT molecular complexity index is 1130. The average Bonchev–Trinajstić information content (AvgIpc) is 3.06. The van der Waals surface area contributed by atoms with Gasteiger partial charge in [0.05, 0.1) is 0 Å². The van der Waals surface area contributed by atoms with Crippen LogP contribution in [0.5, 0.6) is 0 Å². The summed E-state index contributed by atoms with van der Waals surface area (Å²) in [5.74, 6) is 0.852. The summed E-state index contributed by atoms with van der Waals surface area (Å²) in [6.07, 6.45) is 0. The molecule has 0 radical (unpaired) electrons. The molecule has 2 unspecified atom stereocenters. The van der Waals surface area contributed by atoms with Crippen LogP contribution in [0.3, 0.4) is 0 Å². The lowest BCUT2D eigenvalue weighted by atomic mass is 9.82. The van der Waals surface area contributed by atoms with Crippen molar-refractivity contribution in [3.8, 4) is 0 Å². The molecular formula is C24H19ClN2O2. The molecule has 5 heteroatoms. The van der Waals surface area contributed by atoms with Crippen molar-refractivity contribution < 1.29 is 26.6 Å². The van der Waals surface area contributed by atoms with E-state index in [1.807, 2.05) is 89.2 Å². The van der Waals surface area contributed by atoms with Crippen molar-refractivity contribution in [2.24, 2.45) is 0 Å². The number of benzene rings is 3. The van der Waals surface area contributed by atoms with Crippen LogP contribution in [0.2, 0.25) is 0 Å². The molecule has 0 N–H and O–H groups in total. The van der Waals surface area contributed by atoms with E-state index in [1.165, 1.54) is 0 Å². The van der Waals surface area contributed by atoms with Gasteiger partial charge >= 0.3 is 0 Å². The highest BCUT2D eigenvalue weighted by molar-refractivity contribution is 6.23. The zero-order chi connectivity index (χ0) is 19.3. The lowest BCUT2D eigenvalue weighted by Gasteiger charge is -2.26. The van der Waals surface area contributed by atoms with Crippen molar-refractivity contribution in [3.63, 3.8) is 0 Å². The highest BCUT2D eigenvalue weighted by Crippen LogP contribution is 2.37. The summed E-state index contributed by atoms with van der Waals surface area (Å²) in [6, 6.07) is 25.6. The molecule has 1 aliphatic heterocycles. The van der Waals surface area contributed by atoms with Crippen molar-refractivity contribution in [2.45, 2.75) is 19.0 Å². The maximum absolute atomic E-state index is 13.5. The third kappa shape index (κ3) is 2.79. The summed E-state index contributed by atoms with van der Waals surface area (Å²) in [6.45, 7) is 1.98. The number of nitrogens with zero attached hydrogens (tertiary/aromatic N) is 2. The topological polar surface area (TPSA) is 40.4 Å². The largest absolute Gasteiger partial charge is 1.00 e. The first-order valence-electron chi connectivity index (χ1n) is 9.38. The third-order valence-corrected chi connectivity index (χ3v) is 5.62. The Morgan fingerprint density at radius 2 is 1.24 bits per heavy atom. The number of amidine groups is 1. The maximum Gasteiger partial charge on any atom is 0.255 e. The molecule has 0 bridgehead atoms. The number of hydrogen-bond acceptors (Lipinski definition) is 3. The van der Waals surface area contributed by atoms with Gasteiger partial charge in [-0.1, -0.05) is 60.7 Å². The first kappa shape index (κ1) is 19.1. The van der Waals surface area contributed by atoms with Gasteiger partial charge in [0.2, 0.25) is 23.7 Å². The van der Waals surface area contributed by atoms with E-state index in [9.17, 15) is 9.59 Å². The Kier molecular flexibility index (Phi) is 4.81. The van der Waals surface area contributed by atoms with Crippen molar-refractivity contribution in [1.82, 2.24) is 0 Å². The van der Waals surface area contributed by atoms with E-state index in [4.69, 9.17) is 0 Å². The molecule has 3 aromatic rings. The Hall–Kier alpha value is -3.24. The minimum Gasteiger partial charge on any atom is -1.00 e. The molecule has 0 saturated carbocycles. The van der Waals surface area contributed by atoms with Gasteiger partial charge in [0, 0.05) is 18.1 Å². The quantitative estimate of drug-likeness (QED) is 0.602. The fraction of sp³-hybridized carbons (Fsp3) is 0.125. The second-order valence-electron chi connectivity index (χ2n) is 7.12. The molecule has 1 heterocycles. The first-order valence-corrected chi connectivity index (χ1v) is 9.38. The molecular weight excluding hydrogens is 384 g/mol. The van der Waals surface area contributed by atoms with Crippen LogP contribution >= 0.6 is 0 Å². The summed E-state index contributed by atoms with van der Waals surface area (Å²) in [7, 11) is 0. The van der Waals surface area contributed by atoms with Crippen LogP contribution in [0.1, 0.15) is 27.6 Å². The number of carbonyl (C=O) groups excluding carboxylic acids is 2. The zero-order valence-corrected chi connectivity index (χ0v) is 16.6. The number of anilines is 1. The van der Waals surface area contributed by atoms with E-state index in [0.29, 0.717) is 11.1 Å². The highest BCUT2D eigenvalue weighted by atomic mass is 35.5. The van der Waals surface area contributed by atoms with E-state index in [0.717, 1.165) is 17.2 Å². The number of rotatable bonds is 2. The molecule has 3 aromatic carbocycles. The van der Waals surface area contributed by atoms with Crippen LogP contribution in [0.25, 0.3) is 0 Å². The van der Waals surface area contributed by atoms with Gasteiger partial charge in [-0.25, -0.2) is 9.48 Å². The second kappa shape index (κ2) is 7.30. The molecule has 1 aliphatic carbocycles. The first-order chi connectivity index (χ1) is 13.7. The van der Waals surface area contributed by atoms with Crippen molar-refractivity contribution in [1.29, 1.82) is 0 Å². The van der Waals surface area contributed by atoms with Crippen molar-refractivity contribution in [2.75, 3.05) is 4.90 Å². The van der Waals surface area contributed by atoms with E-state index in [2.05, 4.69) is 0 Å². The van der Waals surface area contributed by atoms with E-state index < -0.39 is 12.1 Å². The summed E-state index contributed by atoms with van der Waals surface area (Å²) in [5, 5.41) is 0. The van der Waals surface area contributed by atoms with Gasteiger partial charge in [0.25, 0.3) is 5.84 Å². The van der Waals surface area contributed by atoms with Gasteiger partial charge in [-0.05, 0) is 24.3 Å². The summed E-state index contributed by atoms with van der Waals surface area (Å²) < 4.78 is 2.01. The molecule has 2 atom stereocenters. The van der Waals surface area contributed by atoms with Crippen LogP contribution in [0.15, 0.2) is 84.9 Å². The number of ketones is 2. The predicted molar refractivity (Wildman–Crippen MR) is 109 cm³/mol. The predicted octanol–water partition coefficient (Wildman–Crippen LogP) is 1.09. The van der Waals surface area contributed by atoms with Crippen LogP contribution in [0.4, 0.5) is 11.4 Å². The lowest BCUT2D eigenvalue weighted by Crippen LogP contribution is -3.00. The Balaban J connectivity index is 0.00000205. The molecule has 0 amide bonds. The van der Waals surface area contributed by atoms with Gasteiger partial charge in [0.15, 0.2) is 0 Å². The third-order valence-electron chi connectivity index (χ3n) is 5.62. The van der Waals surface area contributed by atoms with E-state index in [-0.39, 0.29) is 24.0 Å². The van der Waals surface area contributed by atoms with Crippen LogP contribution in [-0.2, 0) is 0 Å². The fourth-order valence-corrected chi connectivity index (χ4v) is 4.43. The molecule has 5 rings (SSSR count). The molecule has 0 fully saturated rings. The van der Waals surface area contributed by atoms with Crippen LogP contribution in [-0.4, -0.2) is 34.1 Å². The Morgan fingerprint density at radius 3 is 1.86 bits per heavy atom. The minimum atomic E-state index is -0.579. The van der Waals surface area contributed by atoms with E-state index in [1.54, 1.807) is 12.1 Å². The van der Waals surface area contributed by atoms with Crippen molar-refractivity contribution >= 4 is 28.8 Å². The SMILES string of the molecule is CC1=[N+](c2ccccc2)C2C(=O)c3ccccc3C(=O)C2N1c1ccccc1.[Cl-]. The monoisotopic (exact) mass is 402 g/mol.